The third-order valence-electron chi connectivity index (χ3n) is 3.34. The maximum absolute atomic E-state index is 12.0. The summed E-state index contributed by atoms with van der Waals surface area (Å²) in [6, 6.07) is 7.63. The summed E-state index contributed by atoms with van der Waals surface area (Å²) in [4.78, 5) is 16.4. The van der Waals surface area contributed by atoms with Crippen LogP contribution in [-0.2, 0) is 24.9 Å². The molecule has 6 heteroatoms. The second kappa shape index (κ2) is 6.26. The fourth-order valence-electron chi connectivity index (χ4n) is 2.28. The molecule has 0 saturated carbocycles. The molecule has 0 saturated heterocycles. The van der Waals surface area contributed by atoms with Crippen LogP contribution < -0.4 is 5.32 Å². The third kappa shape index (κ3) is 3.22. The second-order valence-electron chi connectivity index (χ2n) is 5.05. The molecule has 0 fully saturated rings. The van der Waals surface area contributed by atoms with Crippen molar-refractivity contribution in [2.24, 2.45) is 7.05 Å². The highest BCUT2D eigenvalue weighted by Crippen LogP contribution is 2.20. The number of carbonyl (C=O) groups excluding carboxylic acids is 1. The highest BCUT2D eigenvalue weighted by atomic mass is 16.1. The zero-order valence-electron chi connectivity index (χ0n) is 12.3. The molecule has 0 atom stereocenters. The van der Waals surface area contributed by atoms with Gasteiger partial charge in [0.1, 0.15) is 6.54 Å². The zero-order valence-corrected chi connectivity index (χ0v) is 12.3. The number of aromatic nitrogens is 4. The van der Waals surface area contributed by atoms with Crippen LogP contribution >= 0.6 is 0 Å². The summed E-state index contributed by atoms with van der Waals surface area (Å²) >= 11 is 0. The standard InChI is InChI=1S/C16H17N5O/c1-20-11-14(10-19-20)16-13(5-4-6-17-16)9-18-15(22)12-21-7-2-3-8-21/h2-8,10-11H,9,12H2,1H3,(H,18,22). The molecular weight excluding hydrogens is 278 g/mol. The summed E-state index contributed by atoms with van der Waals surface area (Å²) in [5.74, 6) is -0.0304. The van der Waals surface area contributed by atoms with Gasteiger partial charge in [0, 0.05) is 43.9 Å². The van der Waals surface area contributed by atoms with Crippen molar-refractivity contribution in [3.8, 4) is 11.3 Å². The Labute approximate surface area is 128 Å². The van der Waals surface area contributed by atoms with E-state index in [0.29, 0.717) is 13.1 Å². The van der Waals surface area contributed by atoms with Gasteiger partial charge in [-0.15, -0.1) is 0 Å². The van der Waals surface area contributed by atoms with E-state index in [0.717, 1.165) is 16.8 Å². The summed E-state index contributed by atoms with van der Waals surface area (Å²) in [7, 11) is 1.87. The van der Waals surface area contributed by atoms with Crippen LogP contribution in [0.4, 0.5) is 0 Å². The Morgan fingerprint density at radius 1 is 1.27 bits per heavy atom. The molecule has 0 aliphatic heterocycles. The number of nitrogens with zero attached hydrogens (tertiary/aromatic N) is 4. The van der Waals surface area contributed by atoms with E-state index in [2.05, 4.69) is 15.4 Å². The van der Waals surface area contributed by atoms with Gasteiger partial charge in [0.2, 0.25) is 5.91 Å². The number of rotatable bonds is 5. The van der Waals surface area contributed by atoms with Crippen molar-refractivity contribution in [1.82, 2.24) is 24.6 Å². The molecular formula is C16H17N5O. The lowest BCUT2D eigenvalue weighted by atomic mass is 10.1. The van der Waals surface area contributed by atoms with Crippen LogP contribution in [0.2, 0.25) is 0 Å². The van der Waals surface area contributed by atoms with Crippen LogP contribution in [0.1, 0.15) is 5.56 Å². The average Bonchev–Trinajstić information content (AvgIpc) is 3.17. The molecule has 6 nitrogen and oxygen atoms in total. The number of hydrogen-bond donors (Lipinski definition) is 1. The number of carbonyl (C=O) groups is 1. The first-order valence-electron chi connectivity index (χ1n) is 7.03. The number of hydrogen-bond acceptors (Lipinski definition) is 3. The summed E-state index contributed by atoms with van der Waals surface area (Å²) in [5.41, 5.74) is 2.76. The molecule has 112 valence electrons. The Morgan fingerprint density at radius 2 is 2.09 bits per heavy atom. The van der Waals surface area contributed by atoms with Crippen LogP contribution in [0.15, 0.2) is 55.2 Å². The SMILES string of the molecule is Cn1cc(-c2ncccc2CNC(=O)Cn2cccc2)cn1. The van der Waals surface area contributed by atoms with Crippen molar-refractivity contribution < 1.29 is 4.79 Å². The van der Waals surface area contributed by atoms with Gasteiger partial charge in [0.05, 0.1) is 11.9 Å². The van der Waals surface area contributed by atoms with Gasteiger partial charge in [-0.3, -0.25) is 14.5 Å². The minimum atomic E-state index is -0.0304. The lowest BCUT2D eigenvalue weighted by molar-refractivity contribution is -0.121. The number of aryl methyl sites for hydroxylation is 1. The smallest absolute Gasteiger partial charge is 0.240 e. The Hall–Kier alpha value is -2.89. The van der Waals surface area contributed by atoms with Gasteiger partial charge in [-0.25, -0.2) is 0 Å². The van der Waals surface area contributed by atoms with Crippen LogP contribution in [0.3, 0.4) is 0 Å². The Bertz CT molecular complexity index is 760. The summed E-state index contributed by atoms with van der Waals surface area (Å²) in [5, 5.41) is 7.09. The van der Waals surface area contributed by atoms with E-state index in [4.69, 9.17) is 0 Å². The van der Waals surface area contributed by atoms with Crippen molar-refractivity contribution in [3.05, 3.63) is 60.8 Å². The summed E-state index contributed by atoms with van der Waals surface area (Å²) in [6.07, 6.45) is 9.16. The highest BCUT2D eigenvalue weighted by Gasteiger charge is 2.09. The summed E-state index contributed by atoms with van der Waals surface area (Å²) < 4.78 is 3.57. The second-order valence-corrected chi connectivity index (χ2v) is 5.05. The highest BCUT2D eigenvalue weighted by molar-refractivity contribution is 5.76. The van der Waals surface area contributed by atoms with Gasteiger partial charge in [-0.1, -0.05) is 6.07 Å². The maximum Gasteiger partial charge on any atom is 0.240 e. The van der Waals surface area contributed by atoms with Crippen LogP contribution in [0, 0.1) is 0 Å². The van der Waals surface area contributed by atoms with E-state index >= 15 is 0 Å². The van der Waals surface area contributed by atoms with E-state index in [9.17, 15) is 4.79 Å². The Morgan fingerprint density at radius 3 is 2.82 bits per heavy atom. The third-order valence-corrected chi connectivity index (χ3v) is 3.34. The first-order chi connectivity index (χ1) is 10.7. The van der Waals surface area contributed by atoms with Crippen molar-refractivity contribution in [2.75, 3.05) is 0 Å². The van der Waals surface area contributed by atoms with Crippen LogP contribution in [0.5, 0.6) is 0 Å². The fraction of sp³-hybridized carbons (Fsp3) is 0.188. The molecule has 1 amide bonds. The van der Waals surface area contributed by atoms with Gasteiger partial charge in [0.15, 0.2) is 0 Å². The predicted molar refractivity (Wildman–Crippen MR) is 82.7 cm³/mol. The molecule has 0 bridgehead atoms. The lowest BCUT2D eigenvalue weighted by Crippen LogP contribution is -2.26. The lowest BCUT2D eigenvalue weighted by Gasteiger charge is -2.09. The minimum Gasteiger partial charge on any atom is -0.350 e. The van der Waals surface area contributed by atoms with Crippen molar-refractivity contribution in [1.29, 1.82) is 0 Å². The van der Waals surface area contributed by atoms with E-state index in [1.807, 2.05) is 54.5 Å². The molecule has 22 heavy (non-hydrogen) atoms. The molecule has 0 aromatic carbocycles. The fourth-order valence-corrected chi connectivity index (χ4v) is 2.28. The largest absolute Gasteiger partial charge is 0.350 e. The number of pyridine rings is 1. The summed E-state index contributed by atoms with van der Waals surface area (Å²) in [6.45, 7) is 0.758. The molecule has 0 aliphatic rings. The molecule has 0 aliphatic carbocycles. The number of amides is 1. The van der Waals surface area contributed by atoms with E-state index in [1.54, 1.807) is 17.1 Å². The van der Waals surface area contributed by atoms with Crippen molar-refractivity contribution in [2.45, 2.75) is 13.1 Å². The van der Waals surface area contributed by atoms with Gasteiger partial charge < -0.3 is 9.88 Å². The molecule has 1 N–H and O–H groups in total. The van der Waals surface area contributed by atoms with E-state index in [1.165, 1.54) is 0 Å². The van der Waals surface area contributed by atoms with Gasteiger partial charge in [0.25, 0.3) is 0 Å². The molecule has 0 unspecified atom stereocenters. The van der Waals surface area contributed by atoms with Gasteiger partial charge in [-0.2, -0.15) is 5.10 Å². The Kier molecular flexibility index (Phi) is 4.00. The van der Waals surface area contributed by atoms with Crippen molar-refractivity contribution in [3.63, 3.8) is 0 Å². The molecule has 0 radical (unpaired) electrons. The Balaban J connectivity index is 1.69. The normalized spacial score (nSPS) is 10.6. The van der Waals surface area contributed by atoms with Crippen LogP contribution in [-0.4, -0.2) is 25.2 Å². The zero-order chi connectivity index (χ0) is 15.4. The first-order valence-corrected chi connectivity index (χ1v) is 7.03. The predicted octanol–water partition coefficient (Wildman–Crippen LogP) is 1.60. The molecule has 3 heterocycles. The first kappa shape index (κ1) is 14.1. The molecule has 0 spiro atoms. The minimum absolute atomic E-state index is 0.0304. The average molecular weight is 295 g/mol. The van der Waals surface area contributed by atoms with E-state index < -0.39 is 0 Å². The van der Waals surface area contributed by atoms with Crippen LogP contribution in [0.25, 0.3) is 11.3 Å². The number of nitrogens with one attached hydrogen (secondary N) is 1. The van der Waals surface area contributed by atoms with Gasteiger partial charge in [-0.05, 0) is 23.8 Å². The topological polar surface area (TPSA) is 64.7 Å². The molecule has 3 rings (SSSR count). The quantitative estimate of drug-likeness (QED) is 0.777. The van der Waals surface area contributed by atoms with E-state index in [-0.39, 0.29) is 5.91 Å². The van der Waals surface area contributed by atoms with Gasteiger partial charge >= 0.3 is 0 Å². The molecule has 3 aromatic rings. The maximum atomic E-state index is 12.0. The van der Waals surface area contributed by atoms with Crippen molar-refractivity contribution >= 4 is 5.91 Å². The molecule has 3 aromatic heterocycles. The monoisotopic (exact) mass is 295 g/mol.